The summed E-state index contributed by atoms with van der Waals surface area (Å²) in [4.78, 5) is 20.5. The highest BCUT2D eigenvalue weighted by atomic mass is 32.2. The normalized spacial score (nSPS) is 11.1. The van der Waals surface area contributed by atoms with Gasteiger partial charge in [0.05, 0.1) is 5.75 Å². The van der Waals surface area contributed by atoms with E-state index in [1.807, 2.05) is 0 Å². The largest absolute Gasteiger partial charge is 0.351 e. The van der Waals surface area contributed by atoms with Gasteiger partial charge in [0.15, 0.2) is 9.84 Å². The first-order chi connectivity index (χ1) is 8.72. The Kier molecular flexibility index (Phi) is 4.54. The molecule has 0 bridgehead atoms. The number of benzene rings is 1. The van der Waals surface area contributed by atoms with E-state index in [2.05, 4.69) is 5.73 Å². The lowest BCUT2D eigenvalue weighted by atomic mass is 10.3. The molecule has 0 fully saturated rings. The summed E-state index contributed by atoms with van der Waals surface area (Å²) < 4.78 is 49.5. The molecule has 0 radical (unpaired) electrons. The number of primary amides is 1. The Labute approximate surface area is 107 Å². The first kappa shape index (κ1) is 15.0. The fraction of sp³-hybridized carbons (Fsp3) is 0.200. The van der Waals surface area contributed by atoms with E-state index in [1.54, 1.807) is 5.32 Å². The van der Waals surface area contributed by atoms with E-state index >= 15 is 0 Å². The zero-order valence-corrected chi connectivity index (χ0v) is 10.3. The van der Waals surface area contributed by atoms with Crippen LogP contribution in [-0.2, 0) is 14.6 Å². The van der Waals surface area contributed by atoms with Crippen molar-refractivity contribution in [3.05, 3.63) is 29.8 Å². The third-order valence-corrected chi connectivity index (χ3v) is 3.81. The van der Waals surface area contributed by atoms with Crippen LogP contribution in [0.4, 0.5) is 13.6 Å². The van der Waals surface area contributed by atoms with Gasteiger partial charge in [-0.2, -0.15) is 0 Å². The predicted molar refractivity (Wildman–Crippen MR) is 60.8 cm³/mol. The van der Waals surface area contributed by atoms with Gasteiger partial charge in [0.25, 0.3) is 0 Å². The van der Waals surface area contributed by atoms with Crippen molar-refractivity contribution in [1.82, 2.24) is 5.32 Å². The molecule has 1 aromatic rings. The Morgan fingerprint density at radius 1 is 1.26 bits per heavy atom. The molecule has 0 aliphatic heterocycles. The van der Waals surface area contributed by atoms with Crippen molar-refractivity contribution in [2.75, 3.05) is 5.75 Å². The van der Waals surface area contributed by atoms with Crippen LogP contribution in [0.15, 0.2) is 23.1 Å². The second-order valence-electron chi connectivity index (χ2n) is 3.56. The number of rotatable bonds is 4. The quantitative estimate of drug-likeness (QED) is 0.833. The lowest BCUT2D eigenvalue weighted by molar-refractivity contribution is -0.119. The summed E-state index contributed by atoms with van der Waals surface area (Å²) >= 11 is 0. The van der Waals surface area contributed by atoms with Crippen molar-refractivity contribution in [3.8, 4) is 0 Å². The maximum Gasteiger partial charge on any atom is 0.318 e. The van der Waals surface area contributed by atoms with E-state index in [9.17, 15) is 26.8 Å². The van der Waals surface area contributed by atoms with Gasteiger partial charge in [-0.25, -0.2) is 22.0 Å². The Hall–Kier alpha value is -2.03. The number of halogens is 2. The lowest BCUT2D eigenvalue weighted by Gasteiger charge is -2.05. The molecule has 0 saturated carbocycles. The molecule has 1 aromatic carbocycles. The highest BCUT2D eigenvalue weighted by molar-refractivity contribution is 7.91. The van der Waals surface area contributed by atoms with Crippen LogP contribution in [0.1, 0.15) is 6.42 Å². The van der Waals surface area contributed by atoms with Crippen LogP contribution in [0.2, 0.25) is 0 Å². The van der Waals surface area contributed by atoms with Crippen molar-refractivity contribution >= 4 is 21.8 Å². The number of hydrogen-bond donors (Lipinski definition) is 2. The van der Waals surface area contributed by atoms with Gasteiger partial charge in [0.1, 0.15) is 16.5 Å². The number of amides is 3. The molecule has 0 saturated heterocycles. The van der Waals surface area contributed by atoms with Gasteiger partial charge >= 0.3 is 6.03 Å². The minimum Gasteiger partial charge on any atom is -0.351 e. The highest BCUT2D eigenvalue weighted by Crippen LogP contribution is 2.17. The van der Waals surface area contributed by atoms with Crippen molar-refractivity contribution in [3.63, 3.8) is 0 Å². The second-order valence-corrected chi connectivity index (χ2v) is 5.63. The molecular formula is C10H10F2N2O4S. The van der Waals surface area contributed by atoms with Crippen LogP contribution in [0, 0.1) is 11.6 Å². The van der Waals surface area contributed by atoms with E-state index in [0.717, 1.165) is 6.07 Å². The minimum atomic E-state index is -4.17. The Morgan fingerprint density at radius 3 is 2.47 bits per heavy atom. The van der Waals surface area contributed by atoms with E-state index < -0.39 is 50.5 Å². The minimum absolute atomic E-state index is 0.524. The SMILES string of the molecule is NC(=O)NC(=O)CCS(=O)(=O)c1cc(F)ccc1F. The first-order valence-corrected chi connectivity index (χ1v) is 6.64. The molecule has 9 heteroatoms. The number of carbonyl (C=O) groups is 2. The van der Waals surface area contributed by atoms with Gasteiger partial charge in [-0.15, -0.1) is 0 Å². The van der Waals surface area contributed by atoms with Gasteiger partial charge in [-0.3, -0.25) is 10.1 Å². The van der Waals surface area contributed by atoms with E-state index in [4.69, 9.17) is 0 Å². The molecule has 3 N–H and O–H groups in total. The van der Waals surface area contributed by atoms with Crippen LogP contribution in [-0.4, -0.2) is 26.1 Å². The number of carbonyl (C=O) groups excluding carboxylic acids is 2. The molecule has 0 atom stereocenters. The maximum atomic E-state index is 13.3. The smallest absolute Gasteiger partial charge is 0.318 e. The summed E-state index contributed by atoms with van der Waals surface area (Å²) in [5.74, 6) is -3.72. The van der Waals surface area contributed by atoms with Crippen LogP contribution < -0.4 is 11.1 Å². The predicted octanol–water partition coefficient (Wildman–Crippen LogP) is 0.323. The molecule has 0 unspecified atom stereocenters. The van der Waals surface area contributed by atoms with Crippen molar-refractivity contribution in [2.24, 2.45) is 5.73 Å². The summed E-state index contributed by atoms with van der Waals surface area (Å²) in [6, 6.07) is 0.843. The van der Waals surface area contributed by atoms with E-state index in [-0.39, 0.29) is 0 Å². The van der Waals surface area contributed by atoms with Crippen molar-refractivity contribution in [1.29, 1.82) is 0 Å². The Balaban J connectivity index is 2.84. The molecule has 104 valence electrons. The van der Waals surface area contributed by atoms with Gasteiger partial charge in [0, 0.05) is 6.42 Å². The summed E-state index contributed by atoms with van der Waals surface area (Å²) in [6.45, 7) is 0. The molecule has 6 nitrogen and oxygen atoms in total. The standard InChI is InChI=1S/C10H10F2N2O4S/c11-6-1-2-7(12)8(5-6)19(17,18)4-3-9(15)14-10(13)16/h1-2,5H,3-4H2,(H3,13,14,15,16). The van der Waals surface area contributed by atoms with Crippen LogP contribution in [0.5, 0.6) is 0 Å². The maximum absolute atomic E-state index is 13.3. The molecule has 1 rings (SSSR count). The average molecular weight is 292 g/mol. The molecule has 0 aliphatic rings. The fourth-order valence-corrected chi connectivity index (χ4v) is 2.58. The van der Waals surface area contributed by atoms with Gasteiger partial charge < -0.3 is 5.73 Å². The van der Waals surface area contributed by atoms with E-state index in [1.165, 1.54) is 0 Å². The zero-order valence-electron chi connectivity index (χ0n) is 9.52. The summed E-state index contributed by atoms with van der Waals surface area (Å²) in [5.41, 5.74) is 4.66. The van der Waals surface area contributed by atoms with Gasteiger partial charge in [-0.1, -0.05) is 0 Å². The molecule has 0 heterocycles. The molecular weight excluding hydrogens is 282 g/mol. The summed E-state index contributed by atoms with van der Waals surface area (Å²) in [6.07, 6.45) is -0.596. The van der Waals surface area contributed by atoms with Crippen LogP contribution in [0.3, 0.4) is 0 Å². The number of urea groups is 1. The monoisotopic (exact) mass is 292 g/mol. The summed E-state index contributed by atoms with van der Waals surface area (Å²) in [5, 5.41) is 1.66. The number of nitrogens with two attached hydrogens (primary N) is 1. The van der Waals surface area contributed by atoms with E-state index in [0.29, 0.717) is 12.1 Å². The molecule has 0 aromatic heterocycles. The number of sulfone groups is 1. The first-order valence-electron chi connectivity index (χ1n) is 4.99. The second kappa shape index (κ2) is 5.74. The molecule has 19 heavy (non-hydrogen) atoms. The Morgan fingerprint density at radius 2 is 1.89 bits per heavy atom. The number of imide groups is 1. The highest BCUT2D eigenvalue weighted by Gasteiger charge is 2.21. The van der Waals surface area contributed by atoms with Crippen molar-refractivity contribution in [2.45, 2.75) is 11.3 Å². The fourth-order valence-electron chi connectivity index (χ4n) is 1.25. The average Bonchev–Trinajstić information content (AvgIpc) is 2.29. The number of nitrogens with one attached hydrogen (secondary N) is 1. The molecule has 3 amide bonds. The third kappa shape index (κ3) is 4.28. The number of hydrogen-bond acceptors (Lipinski definition) is 4. The third-order valence-electron chi connectivity index (χ3n) is 2.09. The van der Waals surface area contributed by atoms with Crippen LogP contribution in [0.25, 0.3) is 0 Å². The van der Waals surface area contributed by atoms with Gasteiger partial charge in [-0.05, 0) is 18.2 Å². The molecule has 0 spiro atoms. The zero-order chi connectivity index (χ0) is 14.6. The lowest BCUT2D eigenvalue weighted by Crippen LogP contribution is -2.35. The topological polar surface area (TPSA) is 106 Å². The molecule has 0 aliphatic carbocycles. The summed E-state index contributed by atoms with van der Waals surface area (Å²) in [7, 11) is -4.17. The van der Waals surface area contributed by atoms with Crippen molar-refractivity contribution < 1.29 is 26.8 Å². The van der Waals surface area contributed by atoms with Gasteiger partial charge in [0.2, 0.25) is 5.91 Å². The Bertz CT molecular complexity index is 616. The van der Waals surface area contributed by atoms with Crippen LogP contribution >= 0.6 is 0 Å².